The van der Waals surface area contributed by atoms with Gasteiger partial charge in [0.2, 0.25) is 5.95 Å². The Labute approximate surface area is 163 Å². The molecule has 2 heterocycles. The van der Waals surface area contributed by atoms with Crippen LogP contribution in [0.25, 0.3) is 10.9 Å². The van der Waals surface area contributed by atoms with Crippen LogP contribution in [0.15, 0.2) is 27.5 Å². The predicted octanol–water partition coefficient (Wildman–Crippen LogP) is 5.14. The largest absolute Gasteiger partial charge is 0.339 e. The molecule has 4 rings (SSSR count). The molecule has 5 heteroatoms. The number of hydrogen-bond donors (Lipinski definition) is 0. The van der Waals surface area contributed by atoms with Crippen LogP contribution in [0.3, 0.4) is 0 Å². The van der Waals surface area contributed by atoms with E-state index < -0.39 is 0 Å². The van der Waals surface area contributed by atoms with Gasteiger partial charge in [-0.25, -0.2) is 4.98 Å². The summed E-state index contributed by atoms with van der Waals surface area (Å²) in [6, 6.07) is 6.34. The first kappa shape index (κ1) is 18.0. The number of rotatable bonds is 2. The summed E-state index contributed by atoms with van der Waals surface area (Å²) < 4.78 is 2.81. The molecule has 1 aliphatic heterocycles. The van der Waals surface area contributed by atoms with Crippen LogP contribution in [0.2, 0.25) is 0 Å². The Morgan fingerprint density at radius 2 is 1.96 bits per heavy atom. The van der Waals surface area contributed by atoms with Crippen molar-refractivity contribution in [2.24, 2.45) is 10.8 Å². The lowest BCUT2D eigenvalue weighted by Crippen LogP contribution is -2.38. The molecule has 2 aromatic rings. The zero-order valence-electron chi connectivity index (χ0n) is 16.3. The summed E-state index contributed by atoms with van der Waals surface area (Å²) in [6.07, 6.45) is 3.59. The summed E-state index contributed by atoms with van der Waals surface area (Å²) in [4.78, 5) is 20.7. The number of nitrogens with zero attached hydrogens (tertiary/aromatic N) is 3. The summed E-state index contributed by atoms with van der Waals surface area (Å²) in [5.41, 5.74) is 1.50. The summed E-state index contributed by atoms with van der Waals surface area (Å²) in [6.45, 7) is 12.3. The molecule has 0 spiro atoms. The average Bonchev–Trinajstić information content (AvgIpc) is 2.76. The number of halogens is 1. The first-order valence-electron chi connectivity index (χ1n) is 9.57. The first-order valence-corrected chi connectivity index (χ1v) is 10.4. The van der Waals surface area contributed by atoms with Crippen LogP contribution < -0.4 is 10.5 Å². The fourth-order valence-electron chi connectivity index (χ4n) is 5.52. The van der Waals surface area contributed by atoms with Gasteiger partial charge in [-0.2, -0.15) is 0 Å². The van der Waals surface area contributed by atoms with Gasteiger partial charge in [0.15, 0.2) is 0 Å². The maximum Gasteiger partial charge on any atom is 0.263 e. The fourth-order valence-corrected chi connectivity index (χ4v) is 5.88. The molecule has 1 saturated carbocycles. The molecule has 2 atom stereocenters. The van der Waals surface area contributed by atoms with Crippen LogP contribution in [0.5, 0.6) is 0 Å². The summed E-state index contributed by atoms with van der Waals surface area (Å²) >= 11 is 3.48. The fraction of sp³-hybridized carbons (Fsp3) is 0.619. The quantitative estimate of drug-likeness (QED) is 0.678. The van der Waals surface area contributed by atoms with Crippen LogP contribution in [0.4, 0.5) is 5.95 Å². The van der Waals surface area contributed by atoms with Crippen molar-refractivity contribution in [1.82, 2.24) is 9.55 Å². The lowest BCUT2D eigenvalue weighted by atomic mass is 9.65. The lowest BCUT2D eigenvalue weighted by molar-refractivity contribution is 0.136. The van der Waals surface area contributed by atoms with Crippen molar-refractivity contribution < 1.29 is 0 Å². The third kappa shape index (κ3) is 2.88. The van der Waals surface area contributed by atoms with Gasteiger partial charge in [-0.3, -0.25) is 9.36 Å². The molecule has 1 aromatic heterocycles. The van der Waals surface area contributed by atoms with Crippen molar-refractivity contribution in [2.75, 3.05) is 11.4 Å². The Morgan fingerprint density at radius 1 is 1.23 bits per heavy atom. The second kappa shape index (κ2) is 5.82. The van der Waals surface area contributed by atoms with Gasteiger partial charge < -0.3 is 4.90 Å². The highest BCUT2D eigenvalue weighted by Gasteiger charge is 2.50. The second-order valence-corrected chi connectivity index (χ2v) is 10.6. The van der Waals surface area contributed by atoms with E-state index in [0.717, 1.165) is 28.9 Å². The molecule has 1 saturated heterocycles. The average molecular weight is 418 g/mol. The van der Waals surface area contributed by atoms with Gasteiger partial charge in [-0.1, -0.05) is 36.7 Å². The van der Waals surface area contributed by atoms with Gasteiger partial charge in [0.05, 0.1) is 10.9 Å². The van der Waals surface area contributed by atoms with E-state index in [-0.39, 0.29) is 11.6 Å². The van der Waals surface area contributed by atoms with Gasteiger partial charge in [-0.15, -0.1) is 0 Å². The van der Waals surface area contributed by atoms with E-state index >= 15 is 0 Å². The number of hydrogen-bond acceptors (Lipinski definition) is 3. The molecule has 4 nitrogen and oxygen atoms in total. The number of benzene rings is 1. The summed E-state index contributed by atoms with van der Waals surface area (Å²) in [5, 5.41) is 0.686. The van der Waals surface area contributed by atoms with Crippen molar-refractivity contribution >= 4 is 32.8 Å². The van der Waals surface area contributed by atoms with Crippen molar-refractivity contribution in [3.8, 4) is 0 Å². The van der Waals surface area contributed by atoms with Gasteiger partial charge in [-0.05, 0) is 62.1 Å². The van der Waals surface area contributed by atoms with Crippen LogP contribution in [0, 0.1) is 10.8 Å². The molecular weight excluding hydrogens is 390 g/mol. The zero-order valence-corrected chi connectivity index (χ0v) is 17.9. The van der Waals surface area contributed by atoms with Gasteiger partial charge in [0, 0.05) is 23.1 Å². The number of anilines is 1. The van der Waals surface area contributed by atoms with E-state index in [1.165, 1.54) is 12.8 Å². The van der Waals surface area contributed by atoms with Crippen molar-refractivity contribution in [3.63, 3.8) is 0 Å². The number of fused-ring (bicyclic) bond motifs is 3. The highest BCUT2D eigenvalue weighted by Crippen LogP contribution is 2.53. The van der Waals surface area contributed by atoms with Gasteiger partial charge in [0.1, 0.15) is 0 Å². The maximum atomic E-state index is 13.3. The molecule has 140 valence electrons. The standard InChI is InChI=1S/C21H28BrN3O/c1-13(2)25-18(26)16-8-14(22)6-7-17(16)23-19(25)24-12-21(5)10-15(24)9-20(3,4)11-21/h6-8,13,15H,9-12H2,1-5H3. The molecular formula is C21H28BrN3O. The second-order valence-electron chi connectivity index (χ2n) is 9.68. The van der Waals surface area contributed by atoms with E-state index in [9.17, 15) is 4.79 Å². The Kier molecular flexibility index (Phi) is 4.03. The molecule has 0 N–H and O–H groups in total. The topological polar surface area (TPSA) is 38.1 Å². The predicted molar refractivity (Wildman–Crippen MR) is 111 cm³/mol. The van der Waals surface area contributed by atoms with E-state index in [4.69, 9.17) is 4.98 Å². The Morgan fingerprint density at radius 3 is 2.65 bits per heavy atom. The summed E-state index contributed by atoms with van der Waals surface area (Å²) in [5.74, 6) is 0.853. The third-order valence-corrected chi connectivity index (χ3v) is 6.53. The molecule has 2 bridgehead atoms. The molecule has 2 fully saturated rings. The molecule has 1 aliphatic carbocycles. The SMILES string of the molecule is CC(C)n1c(N2CC3(C)CC2CC(C)(C)C3)nc2ccc(Br)cc2c1=O. The van der Waals surface area contributed by atoms with Crippen LogP contribution >= 0.6 is 15.9 Å². The minimum Gasteiger partial charge on any atom is -0.339 e. The van der Waals surface area contributed by atoms with E-state index in [0.29, 0.717) is 22.3 Å². The lowest BCUT2D eigenvalue weighted by Gasteiger charge is -2.39. The van der Waals surface area contributed by atoms with Crippen LogP contribution in [0.1, 0.15) is 59.9 Å². The van der Waals surface area contributed by atoms with Gasteiger partial charge in [0.25, 0.3) is 5.56 Å². The molecule has 2 aliphatic rings. The zero-order chi connectivity index (χ0) is 18.9. The van der Waals surface area contributed by atoms with E-state index in [1.54, 1.807) is 0 Å². The highest BCUT2D eigenvalue weighted by atomic mass is 79.9. The van der Waals surface area contributed by atoms with Crippen molar-refractivity contribution in [3.05, 3.63) is 33.0 Å². The van der Waals surface area contributed by atoms with Crippen molar-refractivity contribution in [2.45, 2.75) is 66.0 Å². The van der Waals surface area contributed by atoms with Crippen LogP contribution in [-0.2, 0) is 0 Å². The van der Waals surface area contributed by atoms with E-state index in [1.807, 2.05) is 22.8 Å². The smallest absolute Gasteiger partial charge is 0.263 e. The Hall–Kier alpha value is -1.36. The minimum atomic E-state index is 0.0622. The molecule has 1 aromatic carbocycles. The Balaban J connectivity index is 1.90. The van der Waals surface area contributed by atoms with Crippen LogP contribution in [-0.4, -0.2) is 22.1 Å². The monoisotopic (exact) mass is 417 g/mol. The number of aromatic nitrogens is 2. The maximum absolute atomic E-state index is 13.3. The molecule has 0 radical (unpaired) electrons. The van der Waals surface area contributed by atoms with E-state index in [2.05, 4.69) is 55.4 Å². The minimum absolute atomic E-state index is 0.0622. The molecule has 2 unspecified atom stereocenters. The Bertz CT molecular complexity index is 933. The van der Waals surface area contributed by atoms with Gasteiger partial charge >= 0.3 is 0 Å². The normalized spacial score (nSPS) is 27.5. The molecule has 0 amide bonds. The third-order valence-electron chi connectivity index (χ3n) is 6.03. The first-order chi connectivity index (χ1) is 12.1. The summed E-state index contributed by atoms with van der Waals surface area (Å²) in [7, 11) is 0. The van der Waals surface area contributed by atoms with Crippen molar-refractivity contribution in [1.29, 1.82) is 0 Å². The molecule has 26 heavy (non-hydrogen) atoms. The highest BCUT2D eigenvalue weighted by molar-refractivity contribution is 9.10.